The summed E-state index contributed by atoms with van der Waals surface area (Å²) in [6, 6.07) is 2.47. The molecule has 3 N–H and O–H groups in total. The Bertz CT molecular complexity index is 663. The van der Waals surface area contributed by atoms with Crippen LogP contribution in [0.15, 0.2) is 29.8 Å². The summed E-state index contributed by atoms with van der Waals surface area (Å²) in [6.07, 6.45) is -12.0. The molecule has 1 aromatic carbocycles. The van der Waals surface area contributed by atoms with E-state index in [1.165, 1.54) is 0 Å². The van der Waals surface area contributed by atoms with Crippen molar-refractivity contribution in [3.8, 4) is 0 Å². The van der Waals surface area contributed by atoms with Gasteiger partial charge in [0.2, 0.25) is 0 Å². The fourth-order valence-electron chi connectivity index (χ4n) is 2.08. The van der Waals surface area contributed by atoms with Gasteiger partial charge < -0.3 is 10.2 Å². The Kier molecular flexibility index (Phi) is 4.27. The highest BCUT2D eigenvalue weighted by Crippen LogP contribution is 2.50. The van der Waals surface area contributed by atoms with E-state index in [-0.39, 0.29) is 23.4 Å². The molecule has 11 heteroatoms. The van der Waals surface area contributed by atoms with Crippen LogP contribution in [0.25, 0.3) is 5.70 Å². The smallest absolute Gasteiger partial charge is 0.430 e. The number of rotatable bonds is 3. The maximum atomic E-state index is 12.8. The first kappa shape index (κ1) is 18.1. The number of aliphatic carboxylic acids is 1. The van der Waals surface area contributed by atoms with E-state index in [0.717, 1.165) is 12.1 Å². The molecule has 0 atom stereocenters. The predicted molar refractivity (Wildman–Crippen MR) is 66.1 cm³/mol. The van der Waals surface area contributed by atoms with Gasteiger partial charge in [0.05, 0.1) is 11.3 Å². The number of hydroxylamine groups is 1. The molecule has 0 aromatic heterocycles. The number of carbonyl (C=O) groups is 1. The fourth-order valence-corrected chi connectivity index (χ4v) is 2.08. The topological polar surface area (TPSA) is 78.8 Å². The molecule has 0 aliphatic carbocycles. The van der Waals surface area contributed by atoms with Crippen molar-refractivity contribution in [2.75, 3.05) is 6.61 Å². The third kappa shape index (κ3) is 2.80. The van der Waals surface area contributed by atoms with Crippen LogP contribution in [0.3, 0.4) is 0 Å². The van der Waals surface area contributed by atoms with Crippen molar-refractivity contribution < 1.29 is 46.2 Å². The lowest BCUT2D eigenvalue weighted by Crippen LogP contribution is -2.53. The lowest BCUT2D eigenvalue weighted by Gasteiger charge is -2.32. The fraction of sp³-hybridized carbons (Fsp3) is 0.308. The Balaban J connectivity index is 2.49. The Labute approximate surface area is 130 Å². The van der Waals surface area contributed by atoms with Gasteiger partial charge in [-0.25, -0.2) is 4.79 Å². The molecule has 0 saturated carbocycles. The zero-order valence-electron chi connectivity index (χ0n) is 11.5. The zero-order chi connectivity index (χ0) is 18.3. The highest BCUT2D eigenvalue weighted by molar-refractivity contribution is 5.96. The van der Waals surface area contributed by atoms with Crippen molar-refractivity contribution in [3.63, 3.8) is 0 Å². The summed E-state index contributed by atoms with van der Waals surface area (Å²) < 4.78 is 76.6. The molecular formula is C13H9F6NO4. The second-order valence-electron chi connectivity index (χ2n) is 4.83. The molecule has 0 amide bonds. The average molecular weight is 357 g/mol. The van der Waals surface area contributed by atoms with Crippen molar-refractivity contribution in [1.82, 2.24) is 5.48 Å². The van der Waals surface area contributed by atoms with Crippen LogP contribution in [0, 0.1) is 0 Å². The van der Waals surface area contributed by atoms with Crippen LogP contribution in [0.2, 0.25) is 0 Å². The third-order valence-corrected chi connectivity index (χ3v) is 3.36. The lowest BCUT2D eigenvalue weighted by molar-refractivity contribution is -0.376. The summed E-state index contributed by atoms with van der Waals surface area (Å²) in [4.78, 5) is 15.6. The molecular weight excluding hydrogens is 348 g/mol. The van der Waals surface area contributed by atoms with Crippen molar-refractivity contribution >= 4 is 11.7 Å². The summed E-state index contributed by atoms with van der Waals surface area (Å²) in [5.74, 6) is -1.36. The molecule has 0 radical (unpaired) electrons. The Morgan fingerprint density at radius 3 is 1.96 bits per heavy atom. The number of nitrogens with one attached hydrogen (secondary N) is 1. The summed E-state index contributed by atoms with van der Waals surface area (Å²) in [6.45, 7) is -0.332. The van der Waals surface area contributed by atoms with Gasteiger partial charge in [0.15, 0.2) is 0 Å². The van der Waals surface area contributed by atoms with Crippen LogP contribution in [-0.2, 0) is 15.2 Å². The van der Waals surface area contributed by atoms with E-state index >= 15 is 0 Å². The average Bonchev–Trinajstić information content (AvgIpc) is 2.93. The van der Waals surface area contributed by atoms with Crippen LogP contribution in [0.4, 0.5) is 26.3 Å². The number of hydrogen-bond acceptors (Lipinski definition) is 4. The van der Waals surface area contributed by atoms with Crippen LogP contribution in [0.5, 0.6) is 0 Å². The second-order valence-corrected chi connectivity index (χ2v) is 4.83. The number of halogens is 6. The van der Waals surface area contributed by atoms with Gasteiger partial charge in [0.25, 0.3) is 5.60 Å². The number of carboxylic acid groups (broad SMARTS) is 1. The normalized spacial score (nSPS) is 16.3. The van der Waals surface area contributed by atoms with Crippen molar-refractivity contribution in [1.29, 1.82) is 0 Å². The van der Waals surface area contributed by atoms with E-state index in [2.05, 4.69) is 10.3 Å². The molecule has 5 nitrogen and oxygen atoms in total. The van der Waals surface area contributed by atoms with Crippen LogP contribution in [-0.4, -0.2) is 35.1 Å². The monoisotopic (exact) mass is 357 g/mol. The van der Waals surface area contributed by atoms with Gasteiger partial charge in [-0.2, -0.15) is 26.3 Å². The van der Waals surface area contributed by atoms with E-state index in [4.69, 9.17) is 5.11 Å². The first-order valence-corrected chi connectivity index (χ1v) is 6.20. The molecule has 1 aliphatic heterocycles. The van der Waals surface area contributed by atoms with Gasteiger partial charge in [-0.1, -0.05) is 24.3 Å². The molecule has 0 saturated heterocycles. The summed E-state index contributed by atoms with van der Waals surface area (Å²) in [5, 5.41) is 18.2. The van der Waals surface area contributed by atoms with Crippen LogP contribution in [0.1, 0.15) is 11.1 Å². The number of alkyl halides is 6. The molecule has 1 aliphatic rings. The maximum Gasteiger partial charge on any atom is 0.430 e. The maximum absolute atomic E-state index is 12.8. The summed E-state index contributed by atoms with van der Waals surface area (Å²) in [5.41, 5.74) is -4.63. The van der Waals surface area contributed by atoms with Gasteiger partial charge in [0, 0.05) is 11.1 Å². The summed E-state index contributed by atoms with van der Waals surface area (Å²) in [7, 11) is 0. The number of aliphatic hydroxyl groups is 1. The minimum absolute atomic E-state index is 0.0136. The highest BCUT2D eigenvalue weighted by Gasteiger charge is 2.71. The highest BCUT2D eigenvalue weighted by atomic mass is 19.4. The first-order chi connectivity index (χ1) is 10.9. The molecule has 24 heavy (non-hydrogen) atoms. The predicted octanol–water partition coefficient (Wildman–Crippen LogP) is 2.33. The summed E-state index contributed by atoms with van der Waals surface area (Å²) >= 11 is 0. The van der Waals surface area contributed by atoms with E-state index in [0.29, 0.717) is 12.1 Å². The molecule has 0 fully saturated rings. The van der Waals surface area contributed by atoms with E-state index in [1.807, 2.05) is 0 Å². The minimum Gasteiger partial charge on any atom is -0.478 e. The molecule has 1 aromatic rings. The number of hydrogen-bond donors (Lipinski definition) is 3. The molecule has 1 heterocycles. The number of benzene rings is 1. The van der Waals surface area contributed by atoms with Gasteiger partial charge >= 0.3 is 18.3 Å². The molecule has 0 unspecified atom stereocenters. The number of carboxylic acids is 1. The SMILES string of the molecule is O=C(O)C1=C(c2ccc(C(O)(C(F)(F)F)C(F)(F)F)cc2)NOC1. The Morgan fingerprint density at radius 2 is 1.54 bits per heavy atom. The molecule has 2 rings (SSSR count). The van der Waals surface area contributed by atoms with Crippen molar-refractivity contribution in [3.05, 3.63) is 41.0 Å². The first-order valence-electron chi connectivity index (χ1n) is 6.20. The van der Waals surface area contributed by atoms with Gasteiger partial charge in [-0.05, 0) is 0 Å². The van der Waals surface area contributed by atoms with Gasteiger partial charge in [-0.15, -0.1) is 0 Å². The molecule has 132 valence electrons. The quantitative estimate of drug-likeness (QED) is 0.724. The Hall–Kier alpha value is -2.27. The standard InChI is InChI=1S/C13H9F6NO4/c14-12(15,16)11(23,13(17,18)19)7-3-1-6(2-4-7)9-8(10(21)22)5-24-20-9/h1-4,20,23H,5H2,(H,21,22). The largest absolute Gasteiger partial charge is 0.478 e. The van der Waals surface area contributed by atoms with E-state index in [9.17, 15) is 36.2 Å². The van der Waals surface area contributed by atoms with Crippen LogP contribution < -0.4 is 5.48 Å². The second kappa shape index (κ2) is 5.67. The Morgan fingerprint density at radius 1 is 1.04 bits per heavy atom. The van der Waals surface area contributed by atoms with E-state index < -0.39 is 29.5 Å². The van der Waals surface area contributed by atoms with Gasteiger partial charge in [0.1, 0.15) is 6.61 Å². The molecule has 0 bridgehead atoms. The third-order valence-electron chi connectivity index (χ3n) is 3.36. The zero-order valence-corrected chi connectivity index (χ0v) is 11.5. The van der Waals surface area contributed by atoms with Gasteiger partial charge in [-0.3, -0.25) is 10.3 Å². The molecule has 0 spiro atoms. The van der Waals surface area contributed by atoms with Crippen LogP contribution >= 0.6 is 0 Å². The van der Waals surface area contributed by atoms with Crippen molar-refractivity contribution in [2.45, 2.75) is 18.0 Å². The van der Waals surface area contributed by atoms with E-state index in [1.54, 1.807) is 0 Å². The lowest BCUT2D eigenvalue weighted by atomic mass is 9.91. The van der Waals surface area contributed by atoms with Crippen molar-refractivity contribution in [2.24, 2.45) is 0 Å². The minimum atomic E-state index is -5.99.